The van der Waals surface area contributed by atoms with E-state index in [1.54, 1.807) is 21.9 Å². The molecule has 6 nitrogen and oxygen atoms in total. The number of rotatable bonds is 5. The number of amides is 3. The van der Waals surface area contributed by atoms with E-state index in [1.807, 2.05) is 47.4 Å². The summed E-state index contributed by atoms with van der Waals surface area (Å²) < 4.78 is 13.2. The summed E-state index contributed by atoms with van der Waals surface area (Å²) in [5, 5.41) is 0. The van der Waals surface area contributed by atoms with Crippen molar-refractivity contribution in [2.45, 2.75) is 13.0 Å². The number of benzene rings is 3. The molecule has 5 rings (SSSR count). The zero-order valence-electron chi connectivity index (χ0n) is 19.6. The minimum atomic E-state index is -0.284. The molecule has 0 bridgehead atoms. The van der Waals surface area contributed by atoms with Crippen LogP contribution in [0.1, 0.15) is 22.3 Å². The molecule has 3 aromatic carbocycles. The summed E-state index contributed by atoms with van der Waals surface area (Å²) in [4.78, 5) is 33.9. The topological polar surface area (TPSA) is 47.1 Å². The van der Waals surface area contributed by atoms with Gasteiger partial charge in [0.05, 0.1) is 0 Å². The lowest BCUT2D eigenvalue weighted by Gasteiger charge is -2.36. The molecule has 0 atom stereocenters. The highest BCUT2D eigenvalue weighted by atomic mass is 19.1. The van der Waals surface area contributed by atoms with Gasteiger partial charge in [-0.05, 0) is 60.5 Å². The number of halogens is 1. The molecule has 0 spiro atoms. The molecule has 7 heteroatoms. The number of carbonyl (C=O) groups is 2. The van der Waals surface area contributed by atoms with Crippen LogP contribution in [-0.4, -0.2) is 61.0 Å². The van der Waals surface area contributed by atoms with E-state index in [1.165, 1.54) is 17.8 Å². The van der Waals surface area contributed by atoms with E-state index in [2.05, 4.69) is 17.0 Å². The van der Waals surface area contributed by atoms with Crippen LogP contribution in [0.15, 0.2) is 78.9 Å². The molecule has 0 aliphatic carbocycles. The van der Waals surface area contributed by atoms with Gasteiger partial charge in [-0.15, -0.1) is 0 Å². The number of para-hydroxylation sites is 1. The highest BCUT2D eigenvalue weighted by Crippen LogP contribution is 2.23. The second-order valence-corrected chi connectivity index (χ2v) is 9.00. The van der Waals surface area contributed by atoms with E-state index in [4.69, 9.17) is 0 Å². The molecule has 0 radical (unpaired) electrons. The fourth-order valence-corrected chi connectivity index (χ4v) is 4.75. The normalized spacial score (nSPS) is 16.5. The van der Waals surface area contributed by atoms with Crippen molar-refractivity contribution in [3.8, 4) is 0 Å². The first-order valence-electron chi connectivity index (χ1n) is 12.1. The number of urea groups is 1. The van der Waals surface area contributed by atoms with Gasteiger partial charge in [-0.25, -0.2) is 9.18 Å². The number of hydrogen-bond acceptors (Lipinski definition) is 3. The highest BCUT2D eigenvalue weighted by Gasteiger charge is 2.27. The summed E-state index contributed by atoms with van der Waals surface area (Å²) in [6, 6.07) is 23.8. The van der Waals surface area contributed by atoms with Crippen molar-refractivity contribution < 1.29 is 14.0 Å². The third-order valence-corrected chi connectivity index (χ3v) is 6.71. The molecule has 180 valence electrons. The fourth-order valence-electron chi connectivity index (χ4n) is 4.75. The van der Waals surface area contributed by atoms with Crippen LogP contribution in [0.3, 0.4) is 0 Å². The Kier molecular flexibility index (Phi) is 6.66. The summed E-state index contributed by atoms with van der Waals surface area (Å²) in [5.41, 5.74) is 3.50. The van der Waals surface area contributed by atoms with E-state index in [9.17, 15) is 14.0 Å². The van der Waals surface area contributed by atoms with Crippen molar-refractivity contribution in [1.29, 1.82) is 0 Å². The molecular formula is C28H29FN4O2. The van der Waals surface area contributed by atoms with Crippen LogP contribution in [0.2, 0.25) is 0 Å². The molecule has 2 saturated heterocycles. The van der Waals surface area contributed by atoms with Gasteiger partial charge < -0.3 is 14.7 Å². The number of carbonyl (C=O) groups excluding carboxylic acids is 2. The van der Waals surface area contributed by atoms with Crippen LogP contribution >= 0.6 is 0 Å². The predicted octanol–water partition coefficient (Wildman–Crippen LogP) is 4.62. The van der Waals surface area contributed by atoms with Crippen molar-refractivity contribution in [3.63, 3.8) is 0 Å². The molecule has 0 aromatic heterocycles. The highest BCUT2D eigenvalue weighted by molar-refractivity contribution is 5.96. The first-order chi connectivity index (χ1) is 17.1. The van der Waals surface area contributed by atoms with E-state index in [-0.39, 0.29) is 17.8 Å². The van der Waals surface area contributed by atoms with Gasteiger partial charge in [0.25, 0.3) is 5.91 Å². The van der Waals surface area contributed by atoms with Crippen LogP contribution in [-0.2, 0) is 6.54 Å². The summed E-state index contributed by atoms with van der Waals surface area (Å²) in [6.07, 6.45) is 0.847. The lowest BCUT2D eigenvalue weighted by Crippen LogP contribution is -2.49. The number of nitrogens with zero attached hydrogens (tertiary/aromatic N) is 4. The molecule has 2 aliphatic rings. The Labute approximate surface area is 205 Å². The molecule has 2 heterocycles. The zero-order valence-corrected chi connectivity index (χ0v) is 19.6. The number of piperazine rings is 1. The second kappa shape index (κ2) is 10.2. The van der Waals surface area contributed by atoms with Crippen molar-refractivity contribution in [3.05, 3.63) is 95.8 Å². The summed E-state index contributed by atoms with van der Waals surface area (Å²) in [5.74, 6) is -0.264. The van der Waals surface area contributed by atoms with E-state index < -0.39 is 0 Å². The summed E-state index contributed by atoms with van der Waals surface area (Å²) in [7, 11) is 0. The SMILES string of the molecule is O=C(c1ccc(N2CCCN(Cc3ccc(F)cc3)C2=O)cc1)N1CCN(c2ccccc2)CC1. The van der Waals surface area contributed by atoms with Gasteiger partial charge in [0, 0.05) is 62.8 Å². The molecule has 0 unspecified atom stereocenters. The molecule has 0 N–H and O–H groups in total. The van der Waals surface area contributed by atoms with Crippen LogP contribution in [0.25, 0.3) is 0 Å². The maximum atomic E-state index is 13.2. The van der Waals surface area contributed by atoms with Gasteiger partial charge in [-0.2, -0.15) is 0 Å². The fraction of sp³-hybridized carbons (Fsp3) is 0.286. The van der Waals surface area contributed by atoms with Crippen LogP contribution < -0.4 is 9.80 Å². The van der Waals surface area contributed by atoms with Gasteiger partial charge in [0.1, 0.15) is 5.82 Å². The van der Waals surface area contributed by atoms with Gasteiger partial charge in [-0.1, -0.05) is 30.3 Å². The van der Waals surface area contributed by atoms with Crippen molar-refractivity contribution >= 4 is 23.3 Å². The number of hydrogen-bond donors (Lipinski definition) is 0. The molecule has 3 amide bonds. The largest absolute Gasteiger partial charge is 0.368 e. The van der Waals surface area contributed by atoms with Crippen molar-refractivity contribution in [2.75, 3.05) is 49.1 Å². The van der Waals surface area contributed by atoms with Gasteiger partial charge in [-0.3, -0.25) is 9.69 Å². The summed E-state index contributed by atoms with van der Waals surface area (Å²) in [6.45, 7) is 4.71. The maximum Gasteiger partial charge on any atom is 0.324 e. The molecule has 2 fully saturated rings. The van der Waals surface area contributed by atoms with Crippen molar-refractivity contribution in [1.82, 2.24) is 9.80 Å². The average molecular weight is 473 g/mol. The summed E-state index contributed by atoms with van der Waals surface area (Å²) >= 11 is 0. The monoisotopic (exact) mass is 472 g/mol. The Morgan fingerprint density at radius 1 is 0.743 bits per heavy atom. The smallest absolute Gasteiger partial charge is 0.324 e. The Morgan fingerprint density at radius 2 is 1.43 bits per heavy atom. The third-order valence-electron chi connectivity index (χ3n) is 6.71. The second-order valence-electron chi connectivity index (χ2n) is 9.00. The van der Waals surface area contributed by atoms with E-state index in [0.717, 1.165) is 30.8 Å². The molecular weight excluding hydrogens is 443 g/mol. The van der Waals surface area contributed by atoms with E-state index in [0.29, 0.717) is 38.3 Å². The minimum Gasteiger partial charge on any atom is -0.368 e. The van der Waals surface area contributed by atoms with E-state index >= 15 is 0 Å². The third kappa shape index (κ3) is 5.14. The Balaban J connectivity index is 1.20. The molecule has 2 aliphatic heterocycles. The van der Waals surface area contributed by atoms with Gasteiger partial charge in [0.15, 0.2) is 0 Å². The lowest BCUT2D eigenvalue weighted by molar-refractivity contribution is 0.0747. The molecule has 0 saturated carbocycles. The first kappa shape index (κ1) is 22.9. The number of anilines is 2. The van der Waals surface area contributed by atoms with Crippen molar-refractivity contribution in [2.24, 2.45) is 0 Å². The first-order valence-corrected chi connectivity index (χ1v) is 12.1. The quantitative estimate of drug-likeness (QED) is 0.545. The standard InChI is InChI=1S/C28H29FN4O2/c29-24-11-7-22(8-12-24)21-32-15-4-16-33(28(32)35)26-13-9-23(10-14-26)27(34)31-19-17-30(18-20-31)25-5-2-1-3-6-25/h1-3,5-14H,4,15-21H2. The van der Waals surface area contributed by atoms with Crippen LogP contribution in [0, 0.1) is 5.82 Å². The molecule has 3 aromatic rings. The Bertz CT molecular complexity index is 1160. The maximum absolute atomic E-state index is 13.2. The van der Waals surface area contributed by atoms with Gasteiger partial charge >= 0.3 is 6.03 Å². The predicted molar refractivity (Wildman–Crippen MR) is 135 cm³/mol. The minimum absolute atomic E-state index is 0.0205. The van der Waals surface area contributed by atoms with Crippen LogP contribution in [0.4, 0.5) is 20.6 Å². The Hall–Kier alpha value is -3.87. The van der Waals surface area contributed by atoms with Gasteiger partial charge in [0.2, 0.25) is 0 Å². The van der Waals surface area contributed by atoms with Crippen LogP contribution in [0.5, 0.6) is 0 Å². The average Bonchev–Trinajstić information content (AvgIpc) is 2.91. The lowest BCUT2D eigenvalue weighted by atomic mass is 10.1. The molecule has 35 heavy (non-hydrogen) atoms. The Morgan fingerprint density at radius 3 is 2.11 bits per heavy atom. The zero-order chi connectivity index (χ0) is 24.2.